The van der Waals surface area contributed by atoms with E-state index >= 15 is 0 Å². The lowest BCUT2D eigenvalue weighted by Crippen LogP contribution is -2.30. The smallest absolute Gasteiger partial charge is 0.115 e. The molecule has 0 atom stereocenters. The van der Waals surface area contributed by atoms with Gasteiger partial charge >= 0.3 is 0 Å². The van der Waals surface area contributed by atoms with Crippen LogP contribution in [0.15, 0.2) is 24.3 Å². The van der Waals surface area contributed by atoms with E-state index in [0.29, 0.717) is 11.8 Å². The first kappa shape index (κ1) is 13.3. The van der Waals surface area contributed by atoms with Crippen LogP contribution in [0.5, 0.6) is 5.75 Å². The van der Waals surface area contributed by atoms with Crippen LogP contribution in [0.4, 0.5) is 5.69 Å². The molecular formula is C11H18BrNO. The second-order valence-corrected chi connectivity index (χ2v) is 3.40. The molecule has 0 radical (unpaired) electrons. The topological polar surface area (TPSA) is 23.5 Å². The number of phenolic OH excluding ortho intramolecular Hbond substituents is 1. The van der Waals surface area contributed by atoms with Crippen LogP contribution in [0.2, 0.25) is 0 Å². The zero-order valence-corrected chi connectivity index (χ0v) is 10.6. The summed E-state index contributed by atoms with van der Waals surface area (Å²) in [6.07, 6.45) is 0. The summed E-state index contributed by atoms with van der Waals surface area (Å²) in [4.78, 5) is 2.28. The zero-order valence-electron chi connectivity index (χ0n) is 8.90. The van der Waals surface area contributed by atoms with Gasteiger partial charge in [0.25, 0.3) is 0 Å². The lowest BCUT2D eigenvalue weighted by Gasteiger charge is -2.27. The Balaban J connectivity index is 0.00000169. The van der Waals surface area contributed by atoms with Crippen LogP contribution < -0.4 is 4.90 Å². The molecule has 1 rings (SSSR count). The highest BCUT2D eigenvalue weighted by atomic mass is 79.9. The van der Waals surface area contributed by atoms with Crippen molar-refractivity contribution in [2.75, 3.05) is 11.4 Å². The van der Waals surface area contributed by atoms with Gasteiger partial charge in [-0.3, -0.25) is 0 Å². The average molecular weight is 260 g/mol. The normalized spacial score (nSPS) is 9.71. The molecule has 0 saturated heterocycles. The first-order valence-corrected chi connectivity index (χ1v) is 4.70. The van der Waals surface area contributed by atoms with Gasteiger partial charge in [-0.25, -0.2) is 0 Å². The third-order valence-corrected chi connectivity index (χ3v) is 2.15. The number of anilines is 1. The number of hydrogen-bond donors (Lipinski definition) is 1. The van der Waals surface area contributed by atoms with E-state index in [-0.39, 0.29) is 17.0 Å². The maximum absolute atomic E-state index is 9.13. The van der Waals surface area contributed by atoms with Crippen molar-refractivity contribution in [1.29, 1.82) is 0 Å². The fourth-order valence-electron chi connectivity index (χ4n) is 1.49. The Labute approximate surface area is 96.3 Å². The first-order valence-electron chi connectivity index (χ1n) is 4.70. The molecule has 2 nitrogen and oxygen atoms in total. The molecule has 0 unspecified atom stereocenters. The maximum Gasteiger partial charge on any atom is 0.115 e. The van der Waals surface area contributed by atoms with Crippen LogP contribution in [-0.4, -0.2) is 17.7 Å². The van der Waals surface area contributed by atoms with E-state index in [0.717, 1.165) is 12.2 Å². The van der Waals surface area contributed by atoms with Gasteiger partial charge in [-0.2, -0.15) is 0 Å². The SMILES string of the molecule is Br.CCN(c1ccc(O)cc1)C(C)C. The Morgan fingerprint density at radius 1 is 1.21 bits per heavy atom. The van der Waals surface area contributed by atoms with Crippen molar-refractivity contribution >= 4 is 22.7 Å². The van der Waals surface area contributed by atoms with Gasteiger partial charge in [-0.1, -0.05) is 0 Å². The fourth-order valence-corrected chi connectivity index (χ4v) is 1.49. The lowest BCUT2D eigenvalue weighted by atomic mass is 10.2. The quantitative estimate of drug-likeness (QED) is 0.902. The Morgan fingerprint density at radius 3 is 2.07 bits per heavy atom. The molecule has 0 aliphatic carbocycles. The van der Waals surface area contributed by atoms with Gasteiger partial charge in [0.2, 0.25) is 0 Å². The number of nitrogens with zero attached hydrogens (tertiary/aromatic N) is 1. The van der Waals surface area contributed by atoms with Crippen molar-refractivity contribution in [2.24, 2.45) is 0 Å². The van der Waals surface area contributed by atoms with Gasteiger partial charge in [0.1, 0.15) is 5.75 Å². The molecule has 0 fully saturated rings. The van der Waals surface area contributed by atoms with Crippen molar-refractivity contribution in [3.63, 3.8) is 0 Å². The van der Waals surface area contributed by atoms with Crippen LogP contribution in [0.1, 0.15) is 20.8 Å². The van der Waals surface area contributed by atoms with Crippen molar-refractivity contribution in [3.8, 4) is 5.75 Å². The summed E-state index contributed by atoms with van der Waals surface area (Å²) in [6, 6.07) is 7.83. The minimum Gasteiger partial charge on any atom is -0.508 e. The Morgan fingerprint density at radius 2 is 1.71 bits per heavy atom. The molecule has 1 N–H and O–H groups in total. The summed E-state index contributed by atoms with van der Waals surface area (Å²) in [5.41, 5.74) is 1.16. The Bertz CT molecular complexity index is 258. The molecule has 1 aromatic carbocycles. The van der Waals surface area contributed by atoms with E-state index in [1.807, 2.05) is 12.1 Å². The zero-order chi connectivity index (χ0) is 9.84. The molecule has 0 saturated carbocycles. The third kappa shape index (κ3) is 3.22. The van der Waals surface area contributed by atoms with Crippen LogP contribution in [-0.2, 0) is 0 Å². The molecule has 14 heavy (non-hydrogen) atoms. The number of benzene rings is 1. The minimum atomic E-state index is 0. The van der Waals surface area contributed by atoms with Gasteiger partial charge in [0, 0.05) is 18.3 Å². The van der Waals surface area contributed by atoms with Gasteiger partial charge in [0.05, 0.1) is 0 Å². The summed E-state index contributed by atoms with van der Waals surface area (Å²) >= 11 is 0. The first-order chi connectivity index (χ1) is 6.15. The summed E-state index contributed by atoms with van der Waals surface area (Å²) in [5.74, 6) is 0.323. The van der Waals surface area contributed by atoms with Gasteiger partial charge in [-0.15, -0.1) is 17.0 Å². The number of rotatable bonds is 3. The van der Waals surface area contributed by atoms with Gasteiger partial charge in [0.15, 0.2) is 0 Å². The van der Waals surface area contributed by atoms with Crippen LogP contribution in [0.25, 0.3) is 0 Å². The number of phenols is 1. The minimum absolute atomic E-state index is 0. The second-order valence-electron chi connectivity index (χ2n) is 3.40. The van der Waals surface area contributed by atoms with Crippen molar-refractivity contribution in [3.05, 3.63) is 24.3 Å². The third-order valence-electron chi connectivity index (χ3n) is 2.15. The Hall–Kier alpha value is -0.700. The summed E-state index contributed by atoms with van der Waals surface area (Å²) in [7, 11) is 0. The fraction of sp³-hybridized carbons (Fsp3) is 0.455. The largest absolute Gasteiger partial charge is 0.508 e. The molecule has 0 aliphatic heterocycles. The Kier molecular flexibility index (Phi) is 5.62. The van der Waals surface area contributed by atoms with E-state index in [4.69, 9.17) is 5.11 Å². The van der Waals surface area contributed by atoms with Crippen molar-refractivity contribution in [2.45, 2.75) is 26.8 Å². The van der Waals surface area contributed by atoms with Crippen molar-refractivity contribution < 1.29 is 5.11 Å². The van der Waals surface area contributed by atoms with E-state index in [1.54, 1.807) is 12.1 Å². The standard InChI is InChI=1S/C11H17NO.BrH/c1-4-12(9(2)3)10-5-7-11(13)8-6-10;/h5-9,13H,4H2,1-3H3;1H. The second kappa shape index (κ2) is 5.91. The number of hydrogen-bond acceptors (Lipinski definition) is 2. The summed E-state index contributed by atoms with van der Waals surface area (Å²) in [6.45, 7) is 7.45. The molecule has 0 aliphatic rings. The molecule has 0 spiro atoms. The average Bonchev–Trinajstić information content (AvgIpc) is 2.09. The molecule has 0 aromatic heterocycles. The molecule has 0 amide bonds. The highest BCUT2D eigenvalue weighted by Gasteiger charge is 2.06. The summed E-state index contributed by atoms with van der Waals surface area (Å²) in [5, 5.41) is 9.13. The summed E-state index contributed by atoms with van der Waals surface area (Å²) < 4.78 is 0. The molecule has 1 aromatic rings. The monoisotopic (exact) mass is 259 g/mol. The molecule has 0 bridgehead atoms. The molecular weight excluding hydrogens is 242 g/mol. The maximum atomic E-state index is 9.13. The van der Waals surface area contributed by atoms with Crippen LogP contribution >= 0.6 is 17.0 Å². The highest BCUT2D eigenvalue weighted by molar-refractivity contribution is 8.93. The molecule has 80 valence electrons. The van der Waals surface area contributed by atoms with E-state index in [1.165, 1.54) is 0 Å². The van der Waals surface area contributed by atoms with E-state index < -0.39 is 0 Å². The van der Waals surface area contributed by atoms with Crippen molar-refractivity contribution in [1.82, 2.24) is 0 Å². The molecule has 0 heterocycles. The van der Waals surface area contributed by atoms with E-state index in [9.17, 15) is 0 Å². The van der Waals surface area contributed by atoms with Crippen LogP contribution in [0, 0.1) is 0 Å². The number of halogens is 1. The van der Waals surface area contributed by atoms with E-state index in [2.05, 4.69) is 25.7 Å². The number of aromatic hydroxyl groups is 1. The molecule has 3 heteroatoms. The predicted molar refractivity (Wildman–Crippen MR) is 66.6 cm³/mol. The predicted octanol–water partition coefficient (Wildman–Crippen LogP) is 3.20. The van der Waals surface area contributed by atoms with Crippen LogP contribution in [0.3, 0.4) is 0 Å². The van der Waals surface area contributed by atoms with Gasteiger partial charge in [-0.05, 0) is 45.0 Å². The lowest BCUT2D eigenvalue weighted by molar-refractivity contribution is 0.475. The van der Waals surface area contributed by atoms with Gasteiger partial charge < -0.3 is 10.0 Å². The highest BCUT2D eigenvalue weighted by Crippen LogP contribution is 2.19.